The fraction of sp³-hybridized carbons (Fsp3) is 1.00. The SMILES string of the molecule is OC(CNCC(O)C1CC1)COCC1CCCO1. The van der Waals surface area contributed by atoms with Crippen LogP contribution in [0.4, 0.5) is 0 Å². The Kier molecular flexibility index (Phi) is 5.85. The summed E-state index contributed by atoms with van der Waals surface area (Å²) in [7, 11) is 0. The predicted molar refractivity (Wildman–Crippen MR) is 67.4 cm³/mol. The van der Waals surface area contributed by atoms with Crippen molar-refractivity contribution in [3.05, 3.63) is 0 Å². The summed E-state index contributed by atoms with van der Waals surface area (Å²) in [5, 5.41) is 22.4. The van der Waals surface area contributed by atoms with Gasteiger partial charge in [0.05, 0.1) is 31.5 Å². The highest BCUT2D eigenvalue weighted by atomic mass is 16.5. The molecule has 2 fully saturated rings. The lowest BCUT2D eigenvalue weighted by Gasteiger charge is -2.16. The number of rotatable bonds is 9. The zero-order valence-corrected chi connectivity index (χ0v) is 10.9. The second-order valence-corrected chi connectivity index (χ2v) is 5.39. The van der Waals surface area contributed by atoms with E-state index >= 15 is 0 Å². The van der Waals surface area contributed by atoms with Crippen LogP contribution in [0.25, 0.3) is 0 Å². The molecule has 106 valence electrons. The van der Waals surface area contributed by atoms with Crippen molar-refractivity contribution in [2.24, 2.45) is 5.92 Å². The number of ether oxygens (including phenoxy) is 2. The number of hydrogen-bond donors (Lipinski definition) is 3. The minimum Gasteiger partial charge on any atom is -0.392 e. The molecule has 1 heterocycles. The van der Waals surface area contributed by atoms with Crippen molar-refractivity contribution in [3.63, 3.8) is 0 Å². The standard InChI is InChI=1S/C13H25NO4/c15-11(6-14-7-13(16)10-3-4-10)8-17-9-12-2-1-5-18-12/h10-16H,1-9H2. The lowest BCUT2D eigenvalue weighted by atomic mass is 10.2. The first kappa shape index (κ1) is 14.2. The molecule has 5 nitrogen and oxygen atoms in total. The first-order valence-electron chi connectivity index (χ1n) is 7.02. The zero-order valence-electron chi connectivity index (χ0n) is 10.9. The van der Waals surface area contributed by atoms with Crippen molar-refractivity contribution in [1.29, 1.82) is 0 Å². The molecule has 0 aromatic carbocycles. The third-order valence-electron chi connectivity index (χ3n) is 3.54. The Bertz CT molecular complexity index is 221. The Labute approximate surface area is 108 Å². The molecule has 0 amide bonds. The van der Waals surface area contributed by atoms with E-state index in [-0.39, 0.29) is 12.2 Å². The highest BCUT2D eigenvalue weighted by molar-refractivity contribution is 4.82. The van der Waals surface area contributed by atoms with Crippen LogP contribution in [-0.4, -0.2) is 61.4 Å². The molecular formula is C13H25NO4. The van der Waals surface area contributed by atoms with Crippen LogP contribution >= 0.6 is 0 Å². The van der Waals surface area contributed by atoms with Crippen molar-refractivity contribution >= 4 is 0 Å². The second-order valence-electron chi connectivity index (χ2n) is 5.39. The van der Waals surface area contributed by atoms with Crippen LogP contribution in [0, 0.1) is 5.92 Å². The molecule has 3 N–H and O–H groups in total. The Morgan fingerprint density at radius 3 is 2.72 bits per heavy atom. The summed E-state index contributed by atoms with van der Waals surface area (Å²) < 4.78 is 10.8. The van der Waals surface area contributed by atoms with Gasteiger partial charge in [0, 0.05) is 19.7 Å². The van der Waals surface area contributed by atoms with Crippen molar-refractivity contribution in [2.75, 3.05) is 32.9 Å². The molecular weight excluding hydrogens is 234 g/mol. The van der Waals surface area contributed by atoms with Gasteiger partial charge in [0.2, 0.25) is 0 Å². The molecule has 1 aliphatic carbocycles. The van der Waals surface area contributed by atoms with Gasteiger partial charge < -0.3 is 25.0 Å². The van der Waals surface area contributed by atoms with E-state index in [1.165, 1.54) is 0 Å². The summed E-state index contributed by atoms with van der Waals surface area (Å²) in [5.41, 5.74) is 0. The van der Waals surface area contributed by atoms with Crippen molar-refractivity contribution in [1.82, 2.24) is 5.32 Å². The van der Waals surface area contributed by atoms with Crippen LogP contribution in [0.2, 0.25) is 0 Å². The maximum Gasteiger partial charge on any atom is 0.0897 e. The third-order valence-corrected chi connectivity index (χ3v) is 3.54. The molecule has 1 saturated carbocycles. The van der Waals surface area contributed by atoms with Crippen LogP contribution in [0.5, 0.6) is 0 Å². The molecule has 18 heavy (non-hydrogen) atoms. The van der Waals surface area contributed by atoms with Crippen molar-refractivity contribution < 1.29 is 19.7 Å². The summed E-state index contributed by atoms with van der Waals surface area (Å²) in [6.07, 6.45) is 3.87. The third kappa shape index (κ3) is 5.20. The normalized spacial score (nSPS) is 27.3. The molecule has 0 bridgehead atoms. The predicted octanol–water partition coefficient (Wildman–Crippen LogP) is -0.0966. The van der Waals surface area contributed by atoms with E-state index in [1.54, 1.807) is 0 Å². The Morgan fingerprint density at radius 1 is 1.22 bits per heavy atom. The molecule has 0 aromatic heterocycles. The van der Waals surface area contributed by atoms with Crippen LogP contribution in [-0.2, 0) is 9.47 Å². The summed E-state index contributed by atoms with van der Waals surface area (Å²) >= 11 is 0. The lowest BCUT2D eigenvalue weighted by Crippen LogP contribution is -2.36. The molecule has 2 aliphatic rings. The van der Waals surface area contributed by atoms with E-state index in [4.69, 9.17) is 9.47 Å². The average molecular weight is 259 g/mol. The van der Waals surface area contributed by atoms with E-state index in [0.29, 0.717) is 32.2 Å². The van der Waals surface area contributed by atoms with Gasteiger partial charge in [-0.2, -0.15) is 0 Å². The largest absolute Gasteiger partial charge is 0.392 e. The van der Waals surface area contributed by atoms with E-state index < -0.39 is 6.10 Å². The minimum absolute atomic E-state index is 0.210. The molecule has 0 aromatic rings. The Hall–Kier alpha value is -0.200. The number of hydrogen-bond acceptors (Lipinski definition) is 5. The first-order valence-corrected chi connectivity index (χ1v) is 7.02. The lowest BCUT2D eigenvalue weighted by molar-refractivity contribution is -0.0169. The van der Waals surface area contributed by atoms with E-state index in [2.05, 4.69) is 5.32 Å². The average Bonchev–Trinajstić information content (AvgIpc) is 3.08. The Morgan fingerprint density at radius 2 is 2.06 bits per heavy atom. The number of nitrogens with one attached hydrogen (secondary N) is 1. The van der Waals surface area contributed by atoms with E-state index in [0.717, 1.165) is 32.3 Å². The van der Waals surface area contributed by atoms with Gasteiger partial charge in [-0.25, -0.2) is 0 Å². The zero-order chi connectivity index (χ0) is 12.8. The molecule has 3 unspecified atom stereocenters. The molecule has 0 radical (unpaired) electrons. The maximum atomic E-state index is 9.68. The van der Waals surface area contributed by atoms with Crippen molar-refractivity contribution in [2.45, 2.75) is 44.0 Å². The van der Waals surface area contributed by atoms with Crippen molar-refractivity contribution in [3.8, 4) is 0 Å². The second kappa shape index (κ2) is 7.40. The topological polar surface area (TPSA) is 71.0 Å². The fourth-order valence-corrected chi connectivity index (χ4v) is 2.22. The molecule has 3 atom stereocenters. The van der Waals surface area contributed by atoms with Gasteiger partial charge in [-0.15, -0.1) is 0 Å². The Balaban J connectivity index is 1.42. The summed E-state index contributed by atoms with van der Waals surface area (Å²) in [6, 6.07) is 0. The highest BCUT2D eigenvalue weighted by Gasteiger charge is 2.29. The van der Waals surface area contributed by atoms with E-state index in [9.17, 15) is 10.2 Å². The maximum absolute atomic E-state index is 9.68. The molecule has 0 spiro atoms. The monoisotopic (exact) mass is 259 g/mol. The van der Waals surface area contributed by atoms with Crippen LogP contribution in [0.1, 0.15) is 25.7 Å². The summed E-state index contributed by atoms with van der Waals surface area (Å²) in [6.45, 7) is 2.76. The number of aliphatic hydroxyl groups is 2. The first-order chi connectivity index (χ1) is 8.75. The summed E-state index contributed by atoms with van der Waals surface area (Å²) in [5.74, 6) is 0.477. The highest BCUT2D eigenvalue weighted by Crippen LogP contribution is 2.32. The van der Waals surface area contributed by atoms with Crippen LogP contribution in [0.15, 0.2) is 0 Å². The fourth-order valence-electron chi connectivity index (χ4n) is 2.22. The molecule has 5 heteroatoms. The molecule has 2 rings (SSSR count). The number of aliphatic hydroxyl groups excluding tert-OH is 2. The quantitative estimate of drug-likeness (QED) is 0.539. The van der Waals surface area contributed by atoms with E-state index in [1.807, 2.05) is 0 Å². The van der Waals surface area contributed by atoms with Gasteiger partial charge in [0.1, 0.15) is 0 Å². The van der Waals surface area contributed by atoms with Gasteiger partial charge in [-0.3, -0.25) is 0 Å². The molecule has 1 saturated heterocycles. The van der Waals surface area contributed by atoms with Crippen LogP contribution in [0.3, 0.4) is 0 Å². The molecule has 1 aliphatic heterocycles. The van der Waals surface area contributed by atoms with Gasteiger partial charge in [0.25, 0.3) is 0 Å². The van der Waals surface area contributed by atoms with Gasteiger partial charge in [0.15, 0.2) is 0 Å². The van der Waals surface area contributed by atoms with Gasteiger partial charge >= 0.3 is 0 Å². The van der Waals surface area contributed by atoms with Crippen LogP contribution < -0.4 is 5.32 Å². The van der Waals surface area contributed by atoms with Gasteiger partial charge in [-0.1, -0.05) is 0 Å². The smallest absolute Gasteiger partial charge is 0.0897 e. The summed E-state index contributed by atoms with van der Waals surface area (Å²) in [4.78, 5) is 0. The van der Waals surface area contributed by atoms with Gasteiger partial charge in [-0.05, 0) is 31.6 Å². The minimum atomic E-state index is -0.516.